The number of benzene rings is 1. The van der Waals surface area contributed by atoms with E-state index in [9.17, 15) is 4.79 Å². The third-order valence-corrected chi connectivity index (χ3v) is 3.32. The maximum Gasteiger partial charge on any atom is 0.251 e. The van der Waals surface area contributed by atoms with Gasteiger partial charge in [-0.2, -0.15) is 0 Å². The predicted molar refractivity (Wildman–Crippen MR) is 81.2 cm³/mol. The summed E-state index contributed by atoms with van der Waals surface area (Å²) in [6, 6.07) is 5.87. The Bertz CT molecular complexity index is 458. The molecule has 0 aliphatic carbocycles. The highest BCUT2D eigenvalue weighted by molar-refractivity contribution is 5.97. The van der Waals surface area contributed by atoms with E-state index in [0.29, 0.717) is 19.1 Å². The summed E-state index contributed by atoms with van der Waals surface area (Å²) < 4.78 is 5.47. The highest BCUT2D eigenvalue weighted by Crippen LogP contribution is 2.25. The predicted octanol–water partition coefficient (Wildman–Crippen LogP) is 2.45. The molecule has 1 heterocycles. The van der Waals surface area contributed by atoms with Gasteiger partial charge in [0.15, 0.2) is 0 Å². The molecule has 2 N–H and O–H groups in total. The third kappa shape index (κ3) is 3.97. The van der Waals surface area contributed by atoms with Gasteiger partial charge in [0.1, 0.15) is 0 Å². The summed E-state index contributed by atoms with van der Waals surface area (Å²) in [5.74, 6) is 0.525. The van der Waals surface area contributed by atoms with Gasteiger partial charge in [0.2, 0.25) is 0 Å². The Hall–Kier alpha value is -1.55. The highest BCUT2D eigenvalue weighted by atomic mass is 16.5. The molecule has 0 fully saturated rings. The average Bonchev–Trinajstić information content (AvgIpc) is 2.45. The van der Waals surface area contributed by atoms with Crippen molar-refractivity contribution in [2.45, 2.75) is 26.7 Å². The molecule has 20 heavy (non-hydrogen) atoms. The van der Waals surface area contributed by atoms with Crippen LogP contribution in [-0.2, 0) is 11.2 Å². The van der Waals surface area contributed by atoms with E-state index in [1.165, 1.54) is 0 Å². The number of anilines is 1. The molecule has 0 unspecified atom stereocenters. The lowest BCUT2D eigenvalue weighted by atomic mass is 9.97. The van der Waals surface area contributed by atoms with Gasteiger partial charge in [-0.05, 0) is 36.5 Å². The topological polar surface area (TPSA) is 50.4 Å². The van der Waals surface area contributed by atoms with Crippen LogP contribution in [0, 0.1) is 5.92 Å². The lowest BCUT2D eigenvalue weighted by Gasteiger charge is -2.20. The van der Waals surface area contributed by atoms with E-state index in [1.54, 1.807) is 0 Å². The molecule has 0 saturated carbocycles. The van der Waals surface area contributed by atoms with E-state index in [1.807, 2.05) is 18.2 Å². The summed E-state index contributed by atoms with van der Waals surface area (Å²) in [4.78, 5) is 12.2. The molecular weight excluding hydrogens is 252 g/mol. The summed E-state index contributed by atoms with van der Waals surface area (Å²) in [5, 5.41) is 6.27. The smallest absolute Gasteiger partial charge is 0.251 e. The second-order valence-corrected chi connectivity index (χ2v) is 5.59. The Kier molecular flexibility index (Phi) is 5.41. The number of carbonyl (C=O) groups excluding carboxylic acids is 1. The lowest BCUT2D eigenvalue weighted by Crippen LogP contribution is -2.29. The van der Waals surface area contributed by atoms with Crippen molar-refractivity contribution in [3.63, 3.8) is 0 Å². The Morgan fingerprint density at radius 3 is 3.10 bits per heavy atom. The van der Waals surface area contributed by atoms with Gasteiger partial charge >= 0.3 is 0 Å². The van der Waals surface area contributed by atoms with E-state index in [-0.39, 0.29) is 5.91 Å². The largest absolute Gasteiger partial charge is 0.385 e. The molecule has 1 aromatic rings. The number of rotatable bonds is 6. The minimum absolute atomic E-state index is 0.00121. The Morgan fingerprint density at radius 1 is 1.45 bits per heavy atom. The first-order valence-corrected chi connectivity index (χ1v) is 7.40. The fourth-order valence-corrected chi connectivity index (χ4v) is 2.37. The van der Waals surface area contributed by atoms with Gasteiger partial charge in [-0.3, -0.25) is 4.79 Å². The third-order valence-electron chi connectivity index (χ3n) is 3.32. The quantitative estimate of drug-likeness (QED) is 0.785. The van der Waals surface area contributed by atoms with Crippen LogP contribution in [-0.4, -0.2) is 32.2 Å². The summed E-state index contributed by atoms with van der Waals surface area (Å²) in [6.07, 6.45) is 2.05. The van der Waals surface area contributed by atoms with E-state index in [0.717, 1.165) is 42.8 Å². The molecule has 1 aromatic carbocycles. The molecular formula is C16H24N2O2. The van der Waals surface area contributed by atoms with Gasteiger partial charge in [0.25, 0.3) is 5.91 Å². The fourth-order valence-electron chi connectivity index (χ4n) is 2.37. The van der Waals surface area contributed by atoms with Crippen LogP contribution in [0.2, 0.25) is 0 Å². The maximum atomic E-state index is 12.2. The molecule has 0 spiro atoms. The summed E-state index contributed by atoms with van der Waals surface area (Å²) >= 11 is 0. The first-order chi connectivity index (χ1) is 9.68. The van der Waals surface area contributed by atoms with Crippen molar-refractivity contribution in [3.05, 3.63) is 29.3 Å². The SMILES string of the molecule is CC(C)COCCNC(=O)c1cccc2c1CCCN2. The zero-order valence-corrected chi connectivity index (χ0v) is 12.4. The summed E-state index contributed by atoms with van der Waals surface area (Å²) in [7, 11) is 0. The van der Waals surface area contributed by atoms with Gasteiger partial charge in [0.05, 0.1) is 6.61 Å². The van der Waals surface area contributed by atoms with Crippen LogP contribution in [0.4, 0.5) is 5.69 Å². The number of fused-ring (bicyclic) bond motifs is 1. The van der Waals surface area contributed by atoms with Gasteiger partial charge in [-0.15, -0.1) is 0 Å². The average molecular weight is 276 g/mol. The summed E-state index contributed by atoms with van der Waals surface area (Å²) in [5.41, 5.74) is 3.03. The molecule has 110 valence electrons. The normalized spacial score (nSPS) is 13.8. The minimum atomic E-state index is -0.00121. The molecule has 0 atom stereocenters. The molecule has 4 heteroatoms. The molecule has 1 aliphatic rings. The highest BCUT2D eigenvalue weighted by Gasteiger charge is 2.16. The molecule has 0 aromatic heterocycles. The minimum Gasteiger partial charge on any atom is -0.385 e. The van der Waals surface area contributed by atoms with Crippen LogP contribution in [0.25, 0.3) is 0 Å². The zero-order valence-electron chi connectivity index (χ0n) is 12.4. The van der Waals surface area contributed by atoms with Crippen molar-refractivity contribution < 1.29 is 9.53 Å². The van der Waals surface area contributed by atoms with Crippen molar-refractivity contribution in [1.29, 1.82) is 0 Å². The first-order valence-electron chi connectivity index (χ1n) is 7.40. The van der Waals surface area contributed by atoms with Gasteiger partial charge in [-0.25, -0.2) is 0 Å². The van der Waals surface area contributed by atoms with Crippen LogP contribution in [0.1, 0.15) is 36.2 Å². The Balaban J connectivity index is 1.86. The first kappa shape index (κ1) is 14.9. The summed E-state index contributed by atoms with van der Waals surface area (Å²) in [6.45, 7) is 7.07. The van der Waals surface area contributed by atoms with E-state index in [4.69, 9.17) is 4.74 Å². The number of carbonyl (C=O) groups is 1. The Labute approximate surface area is 120 Å². The molecule has 2 rings (SSSR count). The van der Waals surface area contributed by atoms with Crippen molar-refractivity contribution in [1.82, 2.24) is 5.32 Å². The van der Waals surface area contributed by atoms with Crippen molar-refractivity contribution >= 4 is 11.6 Å². The van der Waals surface area contributed by atoms with Crippen LogP contribution >= 0.6 is 0 Å². The zero-order chi connectivity index (χ0) is 14.4. The number of nitrogens with one attached hydrogen (secondary N) is 2. The number of amides is 1. The molecule has 0 saturated heterocycles. The molecule has 4 nitrogen and oxygen atoms in total. The van der Waals surface area contributed by atoms with Crippen molar-refractivity contribution in [2.75, 3.05) is 31.6 Å². The van der Waals surface area contributed by atoms with Crippen LogP contribution in [0.15, 0.2) is 18.2 Å². The van der Waals surface area contributed by atoms with Crippen molar-refractivity contribution in [2.24, 2.45) is 5.92 Å². The number of hydrogen-bond acceptors (Lipinski definition) is 3. The maximum absolute atomic E-state index is 12.2. The van der Waals surface area contributed by atoms with Gasteiger partial charge in [-0.1, -0.05) is 19.9 Å². The number of ether oxygens (including phenoxy) is 1. The van der Waals surface area contributed by atoms with E-state index in [2.05, 4.69) is 24.5 Å². The second-order valence-electron chi connectivity index (χ2n) is 5.59. The van der Waals surface area contributed by atoms with Crippen LogP contribution in [0.3, 0.4) is 0 Å². The molecule has 0 bridgehead atoms. The van der Waals surface area contributed by atoms with Crippen LogP contribution in [0.5, 0.6) is 0 Å². The van der Waals surface area contributed by atoms with Crippen LogP contribution < -0.4 is 10.6 Å². The standard InChI is InChI=1S/C16H24N2O2/c1-12(2)11-20-10-9-18-16(19)14-5-3-7-15-13(14)6-4-8-17-15/h3,5,7,12,17H,4,6,8-11H2,1-2H3,(H,18,19). The van der Waals surface area contributed by atoms with Gasteiger partial charge < -0.3 is 15.4 Å². The second kappa shape index (κ2) is 7.29. The van der Waals surface area contributed by atoms with E-state index >= 15 is 0 Å². The molecule has 1 aliphatic heterocycles. The monoisotopic (exact) mass is 276 g/mol. The van der Waals surface area contributed by atoms with Gasteiger partial charge in [0, 0.05) is 30.9 Å². The van der Waals surface area contributed by atoms with E-state index < -0.39 is 0 Å². The Morgan fingerprint density at radius 2 is 2.30 bits per heavy atom. The fraction of sp³-hybridized carbons (Fsp3) is 0.562. The lowest BCUT2D eigenvalue weighted by molar-refractivity contribution is 0.0885. The van der Waals surface area contributed by atoms with Crippen molar-refractivity contribution in [3.8, 4) is 0 Å². The molecule has 0 radical (unpaired) electrons. The molecule has 1 amide bonds. The number of hydrogen-bond donors (Lipinski definition) is 2.